The third-order valence-electron chi connectivity index (χ3n) is 4.05. The molecule has 1 heterocycles. The van der Waals surface area contributed by atoms with Crippen LogP contribution in [0.4, 0.5) is 0 Å². The number of benzene rings is 1. The van der Waals surface area contributed by atoms with E-state index in [4.69, 9.17) is 0 Å². The average molecular weight is 364 g/mol. The van der Waals surface area contributed by atoms with Crippen LogP contribution in [-0.2, 0) is 10.1 Å². The molecule has 7 nitrogen and oxygen atoms in total. The molecular weight excluding hydrogens is 343 g/mol. The molecule has 1 saturated heterocycles. The van der Waals surface area contributed by atoms with Gasteiger partial charge in [-0.25, -0.2) is 8.42 Å². The van der Waals surface area contributed by atoms with Gasteiger partial charge < -0.3 is 14.6 Å². The fourth-order valence-corrected chi connectivity index (χ4v) is 3.07. The van der Waals surface area contributed by atoms with Crippen molar-refractivity contribution in [2.75, 3.05) is 26.2 Å². The minimum Gasteiger partial charge on any atom is -0.746 e. The van der Waals surface area contributed by atoms with Gasteiger partial charge in [0.2, 0.25) is 0 Å². The van der Waals surface area contributed by atoms with Gasteiger partial charge in [-0.2, -0.15) is 0 Å². The zero-order valence-electron chi connectivity index (χ0n) is 14.2. The van der Waals surface area contributed by atoms with Crippen LogP contribution in [0.15, 0.2) is 24.3 Å². The largest absolute Gasteiger partial charge is 1.00 e. The maximum absolute atomic E-state index is 12.4. The molecule has 1 aromatic carbocycles. The van der Waals surface area contributed by atoms with Crippen LogP contribution in [-0.4, -0.2) is 66.0 Å². The van der Waals surface area contributed by atoms with Gasteiger partial charge >= 0.3 is 29.6 Å². The van der Waals surface area contributed by atoms with E-state index in [2.05, 4.69) is 18.7 Å². The molecule has 0 saturated carbocycles. The van der Waals surface area contributed by atoms with Crippen molar-refractivity contribution < 1.29 is 52.4 Å². The van der Waals surface area contributed by atoms with Crippen LogP contribution in [0, 0.1) is 0 Å². The Hall–Kier alpha value is -0.480. The van der Waals surface area contributed by atoms with Gasteiger partial charge in [-0.05, 0) is 31.5 Å². The third kappa shape index (κ3) is 5.26. The summed E-state index contributed by atoms with van der Waals surface area (Å²) < 4.78 is 32.4. The number of carbonyl (C=O) groups is 1. The van der Waals surface area contributed by atoms with Crippen molar-refractivity contribution in [3.63, 3.8) is 0 Å². The summed E-state index contributed by atoms with van der Waals surface area (Å²) in [5, 5.41) is 9.42. The van der Waals surface area contributed by atoms with E-state index in [9.17, 15) is 22.9 Å². The Kier molecular flexibility index (Phi) is 7.86. The van der Waals surface area contributed by atoms with E-state index in [0.29, 0.717) is 24.7 Å². The van der Waals surface area contributed by atoms with Crippen molar-refractivity contribution in [2.45, 2.75) is 25.3 Å². The van der Waals surface area contributed by atoms with Crippen molar-refractivity contribution >= 4 is 16.0 Å². The molecule has 1 aliphatic rings. The first kappa shape index (κ1) is 21.6. The van der Waals surface area contributed by atoms with Gasteiger partial charge in [-0.3, -0.25) is 9.69 Å². The van der Waals surface area contributed by atoms with Crippen LogP contribution in [0.1, 0.15) is 35.2 Å². The first-order chi connectivity index (χ1) is 10.7. The molecule has 0 spiro atoms. The number of aliphatic hydroxyl groups excluding tert-OH is 1. The van der Waals surface area contributed by atoms with Gasteiger partial charge in [0, 0.05) is 37.8 Å². The second kappa shape index (κ2) is 8.75. The summed E-state index contributed by atoms with van der Waals surface area (Å²) in [6.45, 7) is 7.13. The minimum absolute atomic E-state index is 0. The number of hydrogen-bond donors (Lipinski definition) is 1. The van der Waals surface area contributed by atoms with Crippen molar-refractivity contribution in [3.05, 3.63) is 35.4 Å². The number of rotatable bonds is 4. The average Bonchev–Trinajstić information content (AvgIpc) is 2.53. The summed E-state index contributed by atoms with van der Waals surface area (Å²) >= 11 is 0. The Labute approximate surface area is 164 Å². The van der Waals surface area contributed by atoms with Gasteiger partial charge in [-0.1, -0.05) is 12.1 Å². The fraction of sp³-hybridized carbons (Fsp3) is 0.533. The summed E-state index contributed by atoms with van der Waals surface area (Å²) in [5.74, 6) is -0.139. The molecule has 24 heavy (non-hydrogen) atoms. The van der Waals surface area contributed by atoms with Crippen LogP contribution in [0.2, 0.25) is 0 Å². The van der Waals surface area contributed by atoms with Crippen LogP contribution in [0.25, 0.3) is 0 Å². The smallest absolute Gasteiger partial charge is 0.746 e. The van der Waals surface area contributed by atoms with Crippen LogP contribution < -0.4 is 29.6 Å². The molecule has 1 aromatic rings. The van der Waals surface area contributed by atoms with E-state index in [1.807, 2.05) is 0 Å². The number of piperazine rings is 1. The van der Waals surface area contributed by atoms with Crippen LogP contribution in [0.5, 0.6) is 0 Å². The van der Waals surface area contributed by atoms with Crippen molar-refractivity contribution in [1.82, 2.24) is 9.80 Å². The molecule has 0 aromatic heterocycles. The summed E-state index contributed by atoms with van der Waals surface area (Å²) in [5.41, 5.74) is -1.75. The molecule has 0 aliphatic carbocycles. The normalized spacial score (nSPS) is 17.5. The van der Waals surface area contributed by atoms with E-state index in [-0.39, 0.29) is 41.0 Å². The van der Waals surface area contributed by atoms with E-state index in [1.54, 1.807) is 4.90 Å². The Bertz CT molecular complexity index is 655. The molecule has 128 valence electrons. The number of aliphatic hydroxyl groups is 1. The fourth-order valence-electron chi connectivity index (χ4n) is 2.58. The predicted molar refractivity (Wildman–Crippen MR) is 83.7 cm³/mol. The summed E-state index contributed by atoms with van der Waals surface area (Å²) in [7, 11) is -4.82. The first-order valence-corrected chi connectivity index (χ1v) is 8.93. The number of amides is 1. The summed E-state index contributed by atoms with van der Waals surface area (Å²) in [6, 6.07) is 5.89. The monoisotopic (exact) mass is 364 g/mol. The van der Waals surface area contributed by atoms with Crippen LogP contribution >= 0.6 is 0 Å². The Morgan fingerprint density at radius 3 is 2.04 bits per heavy atom. The standard InChI is InChI=1S/C15H22N2O5S.Na/c1-11(2)16-7-9-17(10-8-16)14(18)12-3-5-13(6-4-12)15(19)23(20,21)22;/h3-6,11,15,19H,7-10H2,1-2H3,(H,20,21,22);/q;+1/p-1. The quantitative estimate of drug-likeness (QED) is 0.464. The Morgan fingerprint density at radius 2 is 1.62 bits per heavy atom. The molecule has 1 atom stereocenters. The van der Waals surface area contributed by atoms with E-state index in [0.717, 1.165) is 13.1 Å². The first-order valence-electron chi connectivity index (χ1n) is 7.46. The van der Waals surface area contributed by atoms with Gasteiger partial charge in [0.05, 0.1) is 0 Å². The third-order valence-corrected chi connectivity index (χ3v) is 4.87. The molecule has 2 rings (SSSR count). The van der Waals surface area contributed by atoms with Crippen molar-refractivity contribution in [3.8, 4) is 0 Å². The second-order valence-corrected chi connectivity index (χ2v) is 7.32. The van der Waals surface area contributed by atoms with Crippen LogP contribution in [0.3, 0.4) is 0 Å². The summed E-state index contributed by atoms with van der Waals surface area (Å²) in [6.07, 6.45) is 0. The topological polar surface area (TPSA) is 101 Å². The molecule has 1 amide bonds. The minimum atomic E-state index is -4.82. The van der Waals surface area contributed by atoms with Crippen molar-refractivity contribution in [2.24, 2.45) is 0 Å². The number of carbonyl (C=O) groups excluding carboxylic acids is 1. The Morgan fingerprint density at radius 1 is 1.12 bits per heavy atom. The Balaban J connectivity index is 0.00000288. The van der Waals surface area contributed by atoms with Crippen molar-refractivity contribution in [1.29, 1.82) is 0 Å². The molecule has 0 bridgehead atoms. The molecule has 0 radical (unpaired) electrons. The molecule has 9 heteroatoms. The zero-order valence-corrected chi connectivity index (χ0v) is 17.0. The van der Waals surface area contributed by atoms with Gasteiger partial charge in [0.15, 0.2) is 5.44 Å². The van der Waals surface area contributed by atoms with Gasteiger partial charge in [-0.15, -0.1) is 0 Å². The zero-order chi connectivity index (χ0) is 17.2. The number of nitrogens with zero attached hydrogens (tertiary/aromatic N) is 2. The number of hydrogen-bond acceptors (Lipinski definition) is 6. The molecule has 1 N–H and O–H groups in total. The SMILES string of the molecule is CC(C)N1CCN(C(=O)c2ccc(C(O)S(=O)(=O)[O-])cc2)CC1.[Na+]. The van der Waals surface area contributed by atoms with Gasteiger partial charge in [0.1, 0.15) is 10.1 Å². The molecule has 1 aliphatic heterocycles. The van der Waals surface area contributed by atoms with E-state index < -0.39 is 15.6 Å². The molecule has 1 fully saturated rings. The van der Waals surface area contributed by atoms with Gasteiger partial charge in [0.25, 0.3) is 5.91 Å². The van der Waals surface area contributed by atoms with E-state index >= 15 is 0 Å². The predicted octanol–water partition coefficient (Wildman–Crippen LogP) is -2.61. The maximum atomic E-state index is 12.4. The summed E-state index contributed by atoms with van der Waals surface area (Å²) in [4.78, 5) is 16.5. The molecular formula is C15H21N2NaO5S. The maximum Gasteiger partial charge on any atom is 1.00 e. The second-order valence-electron chi connectivity index (χ2n) is 5.89. The molecule has 1 unspecified atom stereocenters. The van der Waals surface area contributed by atoms with E-state index in [1.165, 1.54) is 24.3 Å².